The van der Waals surface area contributed by atoms with Crippen molar-refractivity contribution in [1.29, 1.82) is 0 Å². The highest BCUT2D eigenvalue weighted by molar-refractivity contribution is 5.96. The van der Waals surface area contributed by atoms with Crippen LogP contribution in [0.3, 0.4) is 0 Å². The highest BCUT2D eigenvalue weighted by Gasteiger charge is 2.17. The summed E-state index contributed by atoms with van der Waals surface area (Å²) in [7, 11) is 1.71. The predicted molar refractivity (Wildman–Crippen MR) is 120 cm³/mol. The number of carbonyl (C=O) groups excluding carboxylic acids is 1. The van der Waals surface area contributed by atoms with Crippen molar-refractivity contribution >= 4 is 11.6 Å². The molecule has 4 aromatic rings. The molecule has 0 atom stereocenters. The molecule has 164 valence electrons. The standard InChI is InChI=1S/C25H24FN3O3/c1-18-6-5-13-29-16-20(27-24(18)29)17-32-23-8-4-3-7-22(23)25(30)28(2)14-15-31-21-11-9-19(26)10-12-21/h3-13,16H,14-15,17H2,1-2H3. The number of amides is 1. The number of nitrogens with zero attached hydrogens (tertiary/aromatic N) is 3. The van der Waals surface area contributed by atoms with Crippen LogP contribution in [-0.2, 0) is 6.61 Å². The predicted octanol–water partition coefficient (Wildman–Crippen LogP) is 4.51. The van der Waals surface area contributed by atoms with Gasteiger partial charge in [-0.3, -0.25) is 4.79 Å². The molecule has 0 aliphatic heterocycles. The van der Waals surface area contributed by atoms with E-state index in [-0.39, 0.29) is 24.9 Å². The Hall–Kier alpha value is -3.87. The van der Waals surface area contributed by atoms with Gasteiger partial charge in [-0.25, -0.2) is 9.37 Å². The zero-order valence-electron chi connectivity index (χ0n) is 18.0. The van der Waals surface area contributed by atoms with Crippen molar-refractivity contribution in [2.45, 2.75) is 13.5 Å². The van der Waals surface area contributed by atoms with Gasteiger partial charge in [0.25, 0.3) is 5.91 Å². The van der Waals surface area contributed by atoms with E-state index in [1.807, 2.05) is 41.9 Å². The van der Waals surface area contributed by atoms with Crippen molar-refractivity contribution in [2.75, 3.05) is 20.2 Å². The number of carbonyl (C=O) groups is 1. The molecule has 0 aliphatic rings. The molecule has 0 N–H and O–H groups in total. The lowest BCUT2D eigenvalue weighted by Gasteiger charge is -2.19. The number of fused-ring (bicyclic) bond motifs is 1. The molecule has 2 heterocycles. The number of benzene rings is 2. The number of pyridine rings is 1. The molecule has 1 amide bonds. The van der Waals surface area contributed by atoms with Gasteiger partial charge in [-0.1, -0.05) is 18.2 Å². The van der Waals surface area contributed by atoms with Gasteiger partial charge >= 0.3 is 0 Å². The lowest BCUT2D eigenvalue weighted by atomic mass is 10.2. The average Bonchev–Trinajstić information content (AvgIpc) is 3.23. The Balaban J connectivity index is 1.38. The molecule has 7 heteroatoms. The first kappa shape index (κ1) is 21.4. The van der Waals surface area contributed by atoms with Gasteiger partial charge in [-0.05, 0) is 55.0 Å². The number of rotatable bonds is 8. The molecule has 4 rings (SSSR count). The summed E-state index contributed by atoms with van der Waals surface area (Å²) < 4.78 is 26.5. The molecule has 0 saturated carbocycles. The molecule has 0 radical (unpaired) electrons. The van der Waals surface area contributed by atoms with Crippen molar-refractivity contribution in [2.24, 2.45) is 0 Å². The van der Waals surface area contributed by atoms with Gasteiger partial charge in [0.2, 0.25) is 0 Å². The van der Waals surface area contributed by atoms with Gasteiger partial charge in [-0.15, -0.1) is 0 Å². The summed E-state index contributed by atoms with van der Waals surface area (Å²) in [6.45, 7) is 2.92. The summed E-state index contributed by atoms with van der Waals surface area (Å²) in [5, 5.41) is 0. The monoisotopic (exact) mass is 433 g/mol. The maximum atomic E-state index is 13.0. The Morgan fingerprint density at radius 2 is 1.84 bits per heavy atom. The number of likely N-dealkylation sites (N-methyl/N-ethyl adjacent to an activating group) is 1. The van der Waals surface area contributed by atoms with Crippen LogP contribution in [-0.4, -0.2) is 40.4 Å². The molecule has 0 spiro atoms. The van der Waals surface area contributed by atoms with Crippen LogP contribution in [0.1, 0.15) is 21.6 Å². The third kappa shape index (κ3) is 4.88. The normalized spacial score (nSPS) is 10.8. The van der Waals surface area contributed by atoms with E-state index < -0.39 is 0 Å². The van der Waals surface area contributed by atoms with E-state index in [4.69, 9.17) is 9.47 Å². The number of para-hydroxylation sites is 1. The summed E-state index contributed by atoms with van der Waals surface area (Å²) in [6, 6.07) is 16.9. The molecule has 0 unspecified atom stereocenters. The fourth-order valence-electron chi connectivity index (χ4n) is 3.33. The molecular formula is C25H24FN3O3. The lowest BCUT2D eigenvalue weighted by molar-refractivity contribution is 0.0769. The van der Waals surface area contributed by atoms with Crippen LogP contribution in [0.15, 0.2) is 73.1 Å². The molecule has 0 saturated heterocycles. The third-order valence-corrected chi connectivity index (χ3v) is 5.08. The van der Waals surface area contributed by atoms with Crippen LogP contribution in [0.5, 0.6) is 11.5 Å². The van der Waals surface area contributed by atoms with Gasteiger partial charge < -0.3 is 18.8 Å². The quantitative estimate of drug-likeness (QED) is 0.410. The van der Waals surface area contributed by atoms with E-state index >= 15 is 0 Å². The van der Waals surface area contributed by atoms with Crippen LogP contribution in [0, 0.1) is 12.7 Å². The fourth-order valence-corrected chi connectivity index (χ4v) is 3.33. The fraction of sp³-hybridized carbons (Fsp3) is 0.200. The zero-order valence-corrected chi connectivity index (χ0v) is 18.0. The van der Waals surface area contributed by atoms with E-state index in [2.05, 4.69) is 4.98 Å². The smallest absolute Gasteiger partial charge is 0.257 e. The van der Waals surface area contributed by atoms with E-state index in [9.17, 15) is 9.18 Å². The maximum absolute atomic E-state index is 13.0. The van der Waals surface area contributed by atoms with Gasteiger partial charge in [0.05, 0.1) is 17.8 Å². The van der Waals surface area contributed by atoms with E-state index in [1.54, 1.807) is 42.3 Å². The van der Waals surface area contributed by atoms with E-state index in [1.165, 1.54) is 12.1 Å². The highest BCUT2D eigenvalue weighted by atomic mass is 19.1. The number of ether oxygens (including phenoxy) is 2. The van der Waals surface area contributed by atoms with Crippen molar-refractivity contribution in [3.8, 4) is 11.5 Å². The van der Waals surface area contributed by atoms with Crippen molar-refractivity contribution in [1.82, 2.24) is 14.3 Å². The summed E-state index contributed by atoms with van der Waals surface area (Å²) in [4.78, 5) is 19.2. The largest absolute Gasteiger partial charge is 0.492 e. The van der Waals surface area contributed by atoms with Crippen LogP contribution in [0.25, 0.3) is 5.65 Å². The first-order chi connectivity index (χ1) is 15.5. The van der Waals surface area contributed by atoms with Crippen LogP contribution in [0.2, 0.25) is 0 Å². The summed E-state index contributed by atoms with van der Waals surface area (Å²) in [5.41, 5.74) is 3.22. The first-order valence-electron chi connectivity index (χ1n) is 10.3. The Labute approximate surface area is 185 Å². The number of hydrogen-bond acceptors (Lipinski definition) is 4. The van der Waals surface area contributed by atoms with Gasteiger partial charge in [-0.2, -0.15) is 0 Å². The minimum absolute atomic E-state index is 0.172. The van der Waals surface area contributed by atoms with Crippen LogP contribution < -0.4 is 9.47 Å². The van der Waals surface area contributed by atoms with Crippen LogP contribution in [0.4, 0.5) is 4.39 Å². The molecule has 2 aromatic carbocycles. The number of imidazole rings is 1. The Morgan fingerprint density at radius 1 is 1.06 bits per heavy atom. The number of aromatic nitrogens is 2. The summed E-state index contributed by atoms with van der Waals surface area (Å²) >= 11 is 0. The zero-order chi connectivity index (χ0) is 22.5. The Morgan fingerprint density at radius 3 is 2.62 bits per heavy atom. The Kier molecular flexibility index (Phi) is 6.35. The second-order valence-corrected chi connectivity index (χ2v) is 7.47. The van der Waals surface area contributed by atoms with Crippen LogP contribution >= 0.6 is 0 Å². The third-order valence-electron chi connectivity index (χ3n) is 5.08. The highest BCUT2D eigenvalue weighted by Crippen LogP contribution is 2.21. The number of hydrogen-bond donors (Lipinski definition) is 0. The van der Waals surface area contributed by atoms with E-state index in [0.717, 1.165) is 16.9 Å². The summed E-state index contributed by atoms with van der Waals surface area (Å²) in [6.07, 6.45) is 3.87. The lowest BCUT2D eigenvalue weighted by Crippen LogP contribution is -2.31. The van der Waals surface area contributed by atoms with Crippen molar-refractivity contribution in [3.63, 3.8) is 0 Å². The SMILES string of the molecule is Cc1cccn2cc(COc3ccccc3C(=O)N(C)CCOc3ccc(F)cc3)nc12. The molecule has 0 bridgehead atoms. The minimum Gasteiger partial charge on any atom is -0.492 e. The molecule has 0 fully saturated rings. The average molecular weight is 433 g/mol. The molecule has 32 heavy (non-hydrogen) atoms. The van der Waals surface area contributed by atoms with Gasteiger partial charge in [0.15, 0.2) is 0 Å². The second-order valence-electron chi connectivity index (χ2n) is 7.47. The maximum Gasteiger partial charge on any atom is 0.257 e. The van der Waals surface area contributed by atoms with Gasteiger partial charge in [0.1, 0.15) is 36.2 Å². The molecular weight excluding hydrogens is 409 g/mol. The van der Waals surface area contributed by atoms with Gasteiger partial charge in [0, 0.05) is 19.4 Å². The van der Waals surface area contributed by atoms with Crippen molar-refractivity contribution < 1.29 is 18.7 Å². The molecule has 0 aliphatic carbocycles. The molecule has 6 nitrogen and oxygen atoms in total. The first-order valence-corrected chi connectivity index (χ1v) is 10.3. The summed E-state index contributed by atoms with van der Waals surface area (Å²) in [5.74, 6) is 0.561. The number of halogens is 1. The number of aryl methyl sites for hydroxylation is 1. The second kappa shape index (κ2) is 9.51. The Bertz CT molecular complexity index is 1220. The topological polar surface area (TPSA) is 56.1 Å². The van der Waals surface area contributed by atoms with E-state index in [0.29, 0.717) is 23.6 Å². The minimum atomic E-state index is -0.319. The molecule has 2 aromatic heterocycles. The van der Waals surface area contributed by atoms with Crippen molar-refractivity contribution in [3.05, 3.63) is 95.7 Å².